The highest BCUT2D eigenvalue weighted by atomic mass is 16.4. The van der Waals surface area contributed by atoms with E-state index in [-0.39, 0.29) is 11.7 Å². The monoisotopic (exact) mass is 445 g/mol. The molecule has 0 unspecified atom stereocenters. The number of aromatic nitrogens is 1. The zero-order valence-electron chi connectivity index (χ0n) is 18.3. The average molecular weight is 445 g/mol. The standard InChI is InChI=1S/C24H23N5O4/c1-14-8-10-16(11-9-14)22(30)28-29-24(32)21-15(2)20-18(6-3-7-19(20)33-21)26-27-23(31)17-5-4-12-25-13-17/h4-5,8-13H,3,6-7H2,1-2H3,(H,27,31)(H,28,30)(H,29,32)/b26-18+. The van der Waals surface area contributed by atoms with Crippen molar-refractivity contribution in [2.75, 3.05) is 0 Å². The Morgan fingerprint density at radius 2 is 1.70 bits per heavy atom. The summed E-state index contributed by atoms with van der Waals surface area (Å²) in [6, 6.07) is 10.3. The molecule has 0 atom stereocenters. The second-order valence-corrected chi connectivity index (χ2v) is 7.72. The molecule has 1 aliphatic carbocycles. The first kappa shape index (κ1) is 21.9. The average Bonchev–Trinajstić information content (AvgIpc) is 3.19. The van der Waals surface area contributed by atoms with Gasteiger partial charge in [-0.15, -0.1) is 0 Å². The number of fused-ring (bicyclic) bond motifs is 1. The number of hydrazine groups is 1. The van der Waals surface area contributed by atoms with Gasteiger partial charge in [-0.3, -0.25) is 30.2 Å². The smallest absolute Gasteiger partial charge is 0.305 e. The van der Waals surface area contributed by atoms with Gasteiger partial charge in [-0.25, -0.2) is 5.43 Å². The van der Waals surface area contributed by atoms with E-state index in [0.29, 0.717) is 46.6 Å². The molecule has 0 bridgehead atoms. The predicted octanol–water partition coefficient (Wildman–Crippen LogP) is 2.84. The van der Waals surface area contributed by atoms with E-state index in [9.17, 15) is 14.4 Å². The zero-order valence-corrected chi connectivity index (χ0v) is 18.3. The number of carbonyl (C=O) groups is 3. The SMILES string of the molecule is Cc1ccc(C(=O)NNC(=O)c2oc3c(c2C)/C(=N/NC(=O)c2cccnc2)CCC3)cc1. The number of carbonyl (C=O) groups excluding carboxylic acids is 3. The number of aryl methyl sites for hydroxylation is 2. The summed E-state index contributed by atoms with van der Waals surface area (Å²) in [5, 5.41) is 4.28. The number of furan rings is 1. The molecule has 3 amide bonds. The van der Waals surface area contributed by atoms with Crippen LogP contribution in [0.2, 0.25) is 0 Å². The van der Waals surface area contributed by atoms with Crippen molar-refractivity contribution in [3.8, 4) is 0 Å². The number of rotatable bonds is 4. The summed E-state index contributed by atoms with van der Waals surface area (Å²) in [6.07, 6.45) is 5.09. The van der Waals surface area contributed by atoms with Gasteiger partial charge in [-0.1, -0.05) is 17.7 Å². The minimum Gasteiger partial charge on any atom is -0.455 e. The molecular formula is C24H23N5O4. The molecule has 0 aliphatic heterocycles. The summed E-state index contributed by atoms with van der Waals surface area (Å²) < 4.78 is 5.81. The van der Waals surface area contributed by atoms with E-state index >= 15 is 0 Å². The molecular weight excluding hydrogens is 422 g/mol. The van der Waals surface area contributed by atoms with E-state index in [2.05, 4.69) is 26.4 Å². The Morgan fingerprint density at radius 1 is 0.939 bits per heavy atom. The van der Waals surface area contributed by atoms with Crippen molar-refractivity contribution in [3.05, 3.63) is 88.1 Å². The van der Waals surface area contributed by atoms with Gasteiger partial charge in [-0.05, 0) is 51.0 Å². The number of nitrogens with one attached hydrogen (secondary N) is 3. The molecule has 33 heavy (non-hydrogen) atoms. The number of hydrogen-bond acceptors (Lipinski definition) is 6. The molecule has 2 heterocycles. The Morgan fingerprint density at radius 3 is 2.42 bits per heavy atom. The van der Waals surface area contributed by atoms with Crippen LogP contribution >= 0.6 is 0 Å². The van der Waals surface area contributed by atoms with Crippen LogP contribution in [-0.2, 0) is 6.42 Å². The van der Waals surface area contributed by atoms with E-state index in [4.69, 9.17) is 4.42 Å². The number of benzene rings is 1. The minimum atomic E-state index is -0.568. The minimum absolute atomic E-state index is 0.0948. The Bertz CT molecular complexity index is 1230. The largest absolute Gasteiger partial charge is 0.455 e. The van der Waals surface area contributed by atoms with Crippen molar-refractivity contribution < 1.29 is 18.8 Å². The zero-order chi connectivity index (χ0) is 23.4. The van der Waals surface area contributed by atoms with Gasteiger partial charge in [0.15, 0.2) is 5.76 Å². The van der Waals surface area contributed by atoms with Crippen molar-refractivity contribution in [3.63, 3.8) is 0 Å². The maximum Gasteiger partial charge on any atom is 0.305 e. The summed E-state index contributed by atoms with van der Waals surface area (Å²) in [7, 11) is 0. The fraction of sp³-hybridized carbons (Fsp3) is 0.208. The highest BCUT2D eigenvalue weighted by Gasteiger charge is 2.28. The van der Waals surface area contributed by atoms with Gasteiger partial charge in [0.25, 0.3) is 11.8 Å². The quantitative estimate of drug-likeness (QED) is 0.533. The van der Waals surface area contributed by atoms with Crippen LogP contribution in [0.4, 0.5) is 0 Å². The summed E-state index contributed by atoms with van der Waals surface area (Å²) in [6.45, 7) is 3.68. The molecule has 2 aromatic heterocycles. The molecule has 3 aromatic rings. The number of hydrogen-bond donors (Lipinski definition) is 3. The Kier molecular flexibility index (Phi) is 6.30. The molecule has 0 fully saturated rings. The number of nitrogens with zero attached hydrogens (tertiary/aromatic N) is 2. The van der Waals surface area contributed by atoms with Gasteiger partial charge >= 0.3 is 5.91 Å². The van der Waals surface area contributed by atoms with E-state index in [0.717, 1.165) is 12.0 Å². The lowest BCUT2D eigenvalue weighted by molar-refractivity contribution is 0.0829. The van der Waals surface area contributed by atoms with Crippen LogP contribution in [0.5, 0.6) is 0 Å². The topological polar surface area (TPSA) is 126 Å². The molecule has 0 spiro atoms. The molecule has 0 saturated carbocycles. The second-order valence-electron chi connectivity index (χ2n) is 7.72. The summed E-state index contributed by atoms with van der Waals surface area (Å²) in [5.41, 5.74) is 11.1. The van der Waals surface area contributed by atoms with E-state index in [1.165, 1.54) is 6.20 Å². The molecule has 4 rings (SSSR count). The Labute approximate surface area is 190 Å². The normalized spacial score (nSPS) is 13.8. The third-order valence-electron chi connectivity index (χ3n) is 5.35. The fourth-order valence-corrected chi connectivity index (χ4v) is 3.62. The van der Waals surface area contributed by atoms with Crippen molar-refractivity contribution >= 4 is 23.4 Å². The first-order chi connectivity index (χ1) is 15.9. The first-order valence-corrected chi connectivity index (χ1v) is 10.5. The van der Waals surface area contributed by atoms with Gasteiger partial charge in [0, 0.05) is 35.5 Å². The predicted molar refractivity (Wildman–Crippen MR) is 121 cm³/mol. The summed E-state index contributed by atoms with van der Waals surface area (Å²) in [5.74, 6) is -0.653. The fourth-order valence-electron chi connectivity index (χ4n) is 3.62. The van der Waals surface area contributed by atoms with Crippen molar-refractivity contribution in [1.82, 2.24) is 21.3 Å². The molecule has 9 nitrogen and oxygen atoms in total. The Balaban J connectivity index is 1.47. The van der Waals surface area contributed by atoms with Crippen LogP contribution in [0, 0.1) is 13.8 Å². The van der Waals surface area contributed by atoms with Gasteiger partial charge in [-0.2, -0.15) is 5.10 Å². The van der Waals surface area contributed by atoms with Crippen LogP contribution in [0.3, 0.4) is 0 Å². The van der Waals surface area contributed by atoms with Gasteiger partial charge < -0.3 is 4.42 Å². The van der Waals surface area contributed by atoms with Crippen molar-refractivity contribution in [2.45, 2.75) is 33.1 Å². The van der Waals surface area contributed by atoms with Crippen molar-refractivity contribution in [2.24, 2.45) is 5.10 Å². The summed E-state index contributed by atoms with van der Waals surface area (Å²) in [4.78, 5) is 41.2. The molecule has 1 aliphatic rings. The van der Waals surface area contributed by atoms with Crippen LogP contribution in [-0.4, -0.2) is 28.4 Å². The second kappa shape index (κ2) is 9.47. The maximum absolute atomic E-state index is 12.7. The third-order valence-corrected chi connectivity index (χ3v) is 5.35. The molecule has 0 radical (unpaired) electrons. The third kappa shape index (κ3) is 4.82. The lowest BCUT2D eigenvalue weighted by Gasteiger charge is -2.13. The van der Waals surface area contributed by atoms with E-state index in [1.54, 1.807) is 37.4 Å². The number of hydrazone groups is 1. The van der Waals surface area contributed by atoms with E-state index < -0.39 is 11.8 Å². The highest BCUT2D eigenvalue weighted by Crippen LogP contribution is 2.29. The summed E-state index contributed by atoms with van der Waals surface area (Å²) >= 11 is 0. The molecule has 168 valence electrons. The lowest BCUT2D eigenvalue weighted by Crippen LogP contribution is -2.41. The van der Waals surface area contributed by atoms with Crippen molar-refractivity contribution in [1.29, 1.82) is 0 Å². The Hall–Kier alpha value is -4.27. The molecule has 3 N–H and O–H groups in total. The van der Waals surface area contributed by atoms with Crippen LogP contribution in [0.15, 0.2) is 58.3 Å². The highest BCUT2D eigenvalue weighted by molar-refractivity contribution is 6.07. The van der Waals surface area contributed by atoms with Crippen LogP contribution in [0.1, 0.15) is 66.6 Å². The number of amides is 3. The molecule has 9 heteroatoms. The van der Waals surface area contributed by atoms with Gasteiger partial charge in [0.1, 0.15) is 5.76 Å². The van der Waals surface area contributed by atoms with Crippen LogP contribution in [0.25, 0.3) is 0 Å². The maximum atomic E-state index is 12.7. The first-order valence-electron chi connectivity index (χ1n) is 10.5. The lowest BCUT2D eigenvalue weighted by atomic mass is 9.93. The number of pyridine rings is 1. The van der Waals surface area contributed by atoms with E-state index in [1.807, 2.05) is 19.1 Å². The molecule has 0 saturated heterocycles. The van der Waals surface area contributed by atoms with Gasteiger partial charge in [0.05, 0.1) is 11.3 Å². The van der Waals surface area contributed by atoms with Gasteiger partial charge in [0.2, 0.25) is 0 Å². The molecule has 1 aromatic carbocycles. The van der Waals surface area contributed by atoms with Crippen LogP contribution < -0.4 is 16.3 Å².